The molecule has 1 heterocycles. The molecule has 6 nitrogen and oxygen atoms in total. The molecular formula is C20H17N3O3. The van der Waals surface area contributed by atoms with Gasteiger partial charge in [0.1, 0.15) is 12.3 Å². The number of nitrogens with zero attached hydrogens (tertiary/aromatic N) is 2. The van der Waals surface area contributed by atoms with Crippen LogP contribution in [0.2, 0.25) is 0 Å². The summed E-state index contributed by atoms with van der Waals surface area (Å²) in [6.45, 7) is 0.0987. The van der Waals surface area contributed by atoms with Crippen molar-refractivity contribution in [1.82, 2.24) is 14.9 Å². The maximum absolute atomic E-state index is 12.3. The van der Waals surface area contributed by atoms with E-state index >= 15 is 0 Å². The van der Waals surface area contributed by atoms with E-state index in [9.17, 15) is 9.59 Å². The molecule has 0 saturated heterocycles. The van der Waals surface area contributed by atoms with Crippen LogP contribution in [0.3, 0.4) is 0 Å². The Hall–Kier alpha value is -3.59. The first-order chi connectivity index (χ1) is 12.7. The zero-order valence-corrected chi connectivity index (χ0v) is 14.2. The van der Waals surface area contributed by atoms with Crippen LogP contribution in [0.5, 0.6) is 5.75 Å². The number of fused-ring (bicyclic) bond motifs is 1. The first-order valence-electron chi connectivity index (χ1n) is 8.01. The first-order valence-corrected chi connectivity index (χ1v) is 8.01. The minimum Gasteiger partial charge on any atom is -0.497 e. The molecule has 1 aromatic heterocycles. The smallest absolute Gasteiger partial charge is 0.261 e. The van der Waals surface area contributed by atoms with Gasteiger partial charge in [0.2, 0.25) is 5.91 Å². The fourth-order valence-corrected chi connectivity index (χ4v) is 2.39. The minimum absolute atomic E-state index is 0.0963. The maximum atomic E-state index is 12.3. The quantitative estimate of drug-likeness (QED) is 0.727. The van der Waals surface area contributed by atoms with Gasteiger partial charge in [0.15, 0.2) is 0 Å². The first kappa shape index (κ1) is 17.2. The molecule has 2 aromatic carbocycles. The van der Waals surface area contributed by atoms with E-state index < -0.39 is 0 Å². The zero-order valence-electron chi connectivity index (χ0n) is 14.2. The zero-order chi connectivity index (χ0) is 18.4. The van der Waals surface area contributed by atoms with E-state index in [2.05, 4.69) is 22.1 Å². The number of nitrogens with one attached hydrogen (secondary N) is 1. The van der Waals surface area contributed by atoms with E-state index in [1.165, 1.54) is 10.9 Å². The Kier molecular flexibility index (Phi) is 5.30. The number of hydrogen-bond acceptors (Lipinski definition) is 4. The predicted molar refractivity (Wildman–Crippen MR) is 98.9 cm³/mol. The third-order valence-corrected chi connectivity index (χ3v) is 3.74. The van der Waals surface area contributed by atoms with E-state index in [1.807, 2.05) is 30.3 Å². The van der Waals surface area contributed by atoms with Gasteiger partial charge in [-0.2, -0.15) is 0 Å². The summed E-state index contributed by atoms with van der Waals surface area (Å²) in [5, 5.41) is 3.16. The van der Waals surface area contributed by atoms with Crippen LogP contribution in [0, 0.1) is 11.8 Å². The summed E-state index contributed by atoms with van der Waals surface area (Å²) >= 11 is 0. The molecule has 0 aliphatic carbocycles. The lowest BCUT2D eigenvalue weighted by molar-refractivity contribution is -0.121. The summed E-state index contributed by atoms with van der Waals surface area (Å²) in [5.74, 6) is 6.29. The standard InChI is InChI=1S/C20H17N3O3/c1-26-16-10-8-15(9-11-16)5-4-12-21-19(24)13-23-14-22-18-7-3-2-6-17(18)20(23)25/h2-3,6-11,14H,12-13H2,1H3,(H,21,24). The molecule has 26 heavy (non-hydrogen) atoms. The van der Waals surface area contributed by atoms with Gasteiger partial charge in [0.05, 0.1) is 30.9 Å². The largest absolute Gasteiger partial charge is 0.497 e. The number of para-hydroxylation sites is 1. The van der Waals surface area contributed by atoms with E-state index in [1.54, 1.807) is 25.3 Å². The molecule has 130 valence electrons. The average molecular weight is 347 g/mol. The second-order valence-electron chi connectivity index (χ2n) is 5.50. The summed E-state index contributed by atoms with van der Waals surface area (Å²) < 4.78 is 6.37. The highest BCUT2D eigenvalue weighted by atomic mass is 16.5. The van der Waals surface area contributed by atoms with Crippen LogP contribution in [0.25, 0.3) is 10.9 Å². The van der Waals surface area contributed by atoms with Crippen molar-refractivity contribution in [1.29, 1.82) is 0 Å². The number of aromatic nitrogens is 2. The third-order valence-electron chi connectivity index (χ3n) is 3.74. The Morgan fingerprint density at radius 1 is 1.19 bits per heavy atom. The van der Waals surface area contributed by atoms with Crippen molar-refractivity contribution in [3.8, 4) is 17.6 Å². The summed E-state index contributed by atoms with van der Waals surface area (Å²) in [4.78, 5) is 28.5. The maximum Gasteiger partial charge on any atom is 0.261 e. The van der Waals surface area contributed by atoms with Crippen molar-refractivity contribution in [2.24, 2.45) is 0 Å². The van der Waals surface area contributed by atoms with E-state index in [0.29, 0.717) is 10.9 Å². The van der Waals surface area contributed by atoms with Crippen molar-refractivity contribution in [3.05, 3.63) is 70.8 Å². The van der Waals surface area contributed by atoms with Crippen LogP contribution in [0.4, 0.5) is 0 Å². The molecule has 0 saturated carbocycles. The highest BCUT2D eigenvalue weighted by Crippen LogP contribution is 2.10. The Balaban J connectivity index is 1.59. The number of ether oxygens (including phenoxy) is 1. The number of carbonyl (C=O) groups is 1. The van der Waals surface area contributed by atoms with Gasteiger partial charge in [-0.25, -0.2) is 4.98 Å². The molecule has 6 heteroatoms. The monoisotopic (exact) mass is 347 g/mol. The van der Waals surface area contributed by atoms with Crippen molar-refractivity contribution in [3.63, 3.8) is 0 Å². The van der Waals surface area contributed by atoms with Crippen LogP contribution >= 0.6 is 0 Å². The number of hydrogen-bond donors (Lipinski definition) is 1. The Morgan fingerprint density at radius 3 is 2.73 bits per heavy atom. The van der Waals surface area contributed by atoms with Crippen LogP contribution in [-0.2, 0) is 11.3 Å². The molecule has 0 unspecified atom stereocenters. The second-order valence-corrected chi connectivity index (χ2v) is 5.50. The average Bonchev–Trinajstić information content (AvgIpc) is 2.68. The van der Waals surface area contributed by atoms with Crippen molar-refractivity contribution in [2.75, 3.05) is 13.7 Å². The Labute approximate surface area is 150 Å². The molecule has 0 fully saturated rings. The molecular weight excluding hydrogens is 330 g/mol. The summed E-state index contributed by atoms with van der Waals surface area (Å²) in [7, 11) is 1.60. The van der Waals surface area contributed by atoms with Gasteiger partial charge in [-0.05, 0) is 36.4 Å². The van der Waals surface area contributed by atoms with Gasteiger partial charge in [-0.15, -0.1) is 0 Å². The SMILES string of the molecule is COc1ccc(C#CCNC(=O)Cn2cnc3ccccc3c2=O)cc1. The lowest BCUT2D eigenvalue weighted by atomic mass is 10.2. The fourth-order valence-electron chi connectivity index (χ4n) is 2.39. The van der Waals surface area contributed by atoms with E-state index in [0.717, 1.165) is 11.3 Å². The van der Waals surface area contributed by atoms with Gasteiger partial charge in [-0.1, -0.05) is 24.0 Å². The van der Waals surface area contributed by atoms with Crippen LogP contribution in [0.1, 0.15) is 5.56 Å². The fraction of sp³-hybridized carbons (Fsp3) is 0.150. The molecule has 0 aliphatic rings. The van der Waals surface area contributed by atoms with Crippen LogP contribution in [0.15, 0.2) is 59.7 Å². The highest BCUT2D eigenvalue weighted by Gasteiger charge is 2.06. The van der Waals surface area contributed by atoms with Gasteiger partial charge in [0.25, 0.3) is 5.56 Å². The summed E-state index contributed by atoms with van der Waals surface area (Å²) in [5.41, 5.74) is 1.20. The number of benzene rings is 2. The molecule has 3 aromatic rings. The Morgan fingerprint density at radius 2 is 1.96 bits per heavy atom. The molecule has 0 radical (unpaired) electrons. The minimum atomic E-state index is -0.298. The summed E-state index contributed by atoms with van der Waals surface area (Å²) in [6.07, 6.45) is 1.38. The lowest BCUT2D eigenvalue weighted by Gasteiger charge is -2.06. The number of methoxy groups -OCH3 is 1. The summed E-state index contributed by atoms with van der Waals surface area (Å²) in [6, 6.07) is 14.4. The van der Waals surface area contributed by atoms with Crippen molar-refractivity contribution in [2.45, 2.75) is 6.54 Å². The predicted octanol–water partition coefficient (Wildman–Crippen LogP) is 1.57. The molecule has 1 amide bonds. The van der Waals surface area contributed by atoms with E-state index in [4.69, 9.17) is 4.74 Å². The molecule has 0 aliphatic heterocycles. The van der Waals surface area contributed by atoms with Gasteiger partial charge in [0, 0.05) is 5.56 Å². The number of carbonyl (C=O) groups excluding carboxylic acids is 1. The number of rotatable bonds is 4. The Bertz CT molecular complexity index is 1040. The van der Waals surface area contributed by atoms with Crippen LogP contribution < -0.4 is 15.6 Å². The van der Waals surface area contributed by atoms with Gasteiger partial charge < -0.3 is 10.1 Å². The van der Waals surface area contributed by atoms with Gasteiger partial charge >= 0.3 is 0 Å². The molecule has 3 rings (SSSR count). The topological polar surface area (TPSA) is 73.2 Å². The molecule has 0 atom stereocenters. The van der Waals surface area contributed by atoms with Gasteiger partial charge in [-0.3, -0.25) is 14.2 Å². The van der Waals surface area contributed by atoms with Crippen molar-refractivity contribution >= 4 is 16.8 Å². The second kappa shape index (κ2) is 7.99. The molecule has 0 spiro atoms. The lowest BCUT2D eigenvalue weighted by Crippen LogP contribution is -2.32. The van der Waals surface area contributed by atoms with E-state index in [-0.39, 0.29) is 24.6 Å². The third kappa shape index (κ3) is 4.08. The molecule has 1 N–H and O–H groups in total. The highest BCUT2D eigenvalue weighted by molar-refractivity contribution is 5.79. The number of amides is 1. The van der Waals surface area contributed by atoms with Crippen molar-refractivity contribution < 1.29 is 9.53 Å². The normalized spacial score (nSPS) is 10.0. The molecule has 0 bridgehead atoms. The van der Waals surface area contributed by atoms with Crippen LogP contribution in [-0.4, -0.2) is 29.1 Å².